The third-order valence-electron chi connectivity index (χ3n) is 6.19. The highest BCUT2D eigenvalue weighted by Gasteiger charge is 2.32. The Labute approximate surface area is 190 Å². The number of aryl methyl sites for hydroxylation is 1. The smallest absolute Gasteiger partial charge is 0.256 e. The maximum Gasteiger partial charge on any atom is 0.256 e. The molecule has 0 spiro atoms. The number of aromatic nitrogens is 2. The average molecular weight is 438 g/mol. The third-order valence-corrected chi connectivity index (χ3v) is 6.19. The van der Waals surface area contributed by atoms with Crippen molar-refractivity contribution < 1.29 is 9.59 Å². The Morgan fingerprint density at radius 1 is 1.09 bits per heavy atom. The molecule has 3 aromatic carbocycles. The number of amides is 2. The summed E-state index contributed by atoms with van der Waals surface area (Å²) in [6.07, 6.45) is 1.87. The van der Waals surface area contributed by atoms with Crippen LogP contribution in [-0.2, 0) is 18.4 Å². The van der Waals surface area contributed by atoms with Crippen LogP contribution in [0.5, 0.6) is 0 Å². The molecular formula is C26H23N5O2. The molecule has 4 N–H and O–H groups in total. The van der Waals surface area contributed by atoms with Crippen LogP contribution in [0.4, 0.5) is 5.69 Å². The molecule has 2 amide bonds. The SMILES string of the molecule is C=C(CN1Cc2c(-c3cc(-c4ccccc4)c4cnn(C)c4c3)ccc(N)c2C1=O)C(N)=O. The van der Waals surface area contributed by atoms with E-state index in [0.717, 1.165) is 38.7 Å². The highest BCUT2D eigenvalue weighted by atomic mass is 16.2. The summed E-state index contributed by atoms with van der Waals surface area (Å²) in [6.45, 7) is 4.08. The minimum Gasteiger partial charge on any atom is -0.398 e. The van der Waals surface area contributed by atoms with Crippen LogP contribution >= 0.6 is 0 Å². The summed E-state index contributed by atoms with van der Waals surface area (Å²) in [6, 6.07) is 18.0. The number of anilines is 1. The molecule has 1 aromatic heterocycles. The molecule has 2 heterocycles. The predicted molar refractivity (Wildman–Crippen MR) is 129 cm³/mol. The Hall–Kier alpha value is -4.39. The maximum atomic E-state index is 13.1. The van der Waals surface area contributed by atoms with Gasteiger partial charge in [0, 0.05) is 30.2 Å². The molecule has 7 heteroatoms. The summed E-state index contributed by atoms with van der Waals surface area (Å²) in [4.78, 5) is 26.1. The van der Waals surface area contributed by atoms with Crippen LogP contribution in [0.1, 0.15) is 15.9 Å². The van der Waals surface area contributed by atoms with Crippen molar-refractivity contribution in [2.45, 2.75) is 6.54 Å². The molecule has 4 aromatic rings. The van der Waals surface area contributed by atoms with E-state index in [2.05, 4.69) is 35.9 Å². The lowest BCUT2D eigenvalue weighted by Gasteiger charge is -2.16. The second kappa shape index (κ2) is 7.63. The van der Waals surface area contributed by atoms with Gasteiger partial charge in [0.25, 0.3) is 5.91 Å². The number of carbonyl (C=O) groups is 2. The molecule has 0 bridgehead atoms. The number of hydrogen-bond acceptors (Lipinski definition) is 4. The molecule has 7 nitrogen and oxygen atoms in total. The van der Waals surface area contributed by atoms with Crippen LogP contribution in [-0.4, -0.2) is 33.0 Å². The number of primary amides is 1. The minimum absolute atomic E-state index is 0.0672. The van der Waals surface area contributed by atoms with Crippen molar-refractivity contribution in [1.29, 1.82) is 0 Å². The van der Waals surface area contributed by atoms with Gasteiger partial charge in [0.15, 0.2) is 0 Å². The van der Waals surface area contributed by atoms with E-state index in [9.17, 15) is 9.59 Å². The Kier molecular flexibility index (Phi) is 4.74. The fourth-order valence-corrected chi connectivity index (χ4v) is 4.47. The zero-order chi connectivity index (χ0) is 23.3. The van der Waals surface area contributed by atoms with Crippen LogP contribution in [0.25, 0.3) is 33.2 Å². The first kappa shape index (κ1) is 20.5. The van der Waals surface area contributed by atoms with Gasteiger partial charge in [-0.25, -0.2) is 0 Å². The Morgan fingerprint density at radius 3 is 2.58 bits per heavy atom. The topological polar surface area (TPSA) is 107 Å². The molecule has 1 aliphatic rings. The third kappa shape index (κ3) is 3.34. The Balaban J connectivity index is 1.68. The summed E-state index contributed by atoms with van der Waals surface area (Å²) in [7, 11) is 1.91. The summed E-state index contributed by atoms with van der Waals surface area (Å²) in [5.41, 5.74) is 18.4. The number of nitrogens with two attached hydrogens (primary N) is 2. The molecular weight excluding hydrogens is 414 g/mol. The van der Waals surface area contributed by atoms with Crippen molar-refractivity contribution in [1.82, 2.24) is 14.7 Å². The molecule has 164 valence electrons. The second-order valence-corrected chi connectivity index (χ2v) is 8.28. The molecule has 0 atom stereocenters. The molecule has 0 saturated carbocycles. The number of hydrogen-bond donors (Lipinski definition) is 2. The van der Waals surface area contributed by atoms with Gasteiger partial charge >= 0.3 is 0 Å². The van der Waals surface area contributed by atoms with Crippen molar-refractivity contribution in [3.05, 3.63) is 84.1 Å². The number of rotatable bonds is 5. The quantitative estimate of drug-likeness (QED) is 0.368. The normalized spacial score (nSPS) is 12.9. The van der Waals surface area contributed by atoms with Gasteiger partial charge in [-0.05, 0) is 46.0 Å². The van der Waals surface area contributed by atoms with Crippen LogP contribution < -0.4 is 11.5 Å². The zero-order valence-corrected chi connectivity index (χ0v) is 18.2. The molecule has 0 radical (unpaired) electrons. The zero-order valence-electron chi connectivity index (χ0n) is 18.2. The van der Waals surface area contributed by atoms with E-state index in [-0.39, 0.29) is 18.0 Å². The van der Waals surface area contributed by atoms with Crippen molar-refractivity contribution in [2.24, 2.45) is 12.8 Å². The van der Waals surface area contributed by atoms with Crippen molar-refractivity contribution in [2.75, 3.05) is 12.3 Å². The van der Waals surface area contributed by atoms with E-state index >= 15 is 0 Å². The lowest BCUT2D eigenvalue weighted by molar-refractivity contribution is -0.114. The van der Waals surface area contributed by atoms with E-state index in [1.165, 1.54) is 0 Å². The first-order valence-corrected chi connectivity index (χ1v) is 10.5. The standard InChI is InChI=1S/C26H23N5O2/c1-15(25(28)32)13-31-14-21-18(8-9-22(27)24(21)26(31)33)17-10-19(16-6-4-3-5-7-16)20-12-29-30(2)23(20)11-17/h3-12H,1,13-14,27H2,2H3,(H2,28,32). The molecule has 0 saturated heterocycles. The van der Waals surface area contributed by atoms with Gasteiger partial charge < -0.3 is 16.4 Å². The number of nitrogens with zero attached hydrogens (tertiary/aromatic N) is 3. The summed E-state index contributed by atoms with van der Waals surface area (Å²) >= 11 is 0. The van der Waals surface area contributed by atoms with Crippen molar-refractivity contribution in [3.63, 3.8) is 0 Å². The van der Waals surface area contributed by atoms with E-state index < -0.39 is 5.91 Å². The van der Waals surface area contributed by atoms with Gasteiger partial charge in [-0.3, -0.25) is 14.3 Å². The number of carbonyl (C=O) groups excluding carboxylic acids is 2. The highest BCUT2D eigenvalue weighted by molar-refractivity contribution is 6.07. The summed E-state index contributed by atoms with van der Waals surface area (Å²) in [5, 5.41) is 5.51. The van der Waals surface area contributed by atoms with Crippen LogP contribution in [0.15, 0.2) is 72.9 Å². The monoisotopic (exact) mass is 437 g/mol. The van der Waals surface area contributed by atoms with Gasteiger partial charge in [-0.1, -0.05) is 43.0 Å². The first-order chi connectivity index (χ1) is 15.8. The van der Waals surface area contributed by atoms with Crippen LogP contribution in [0.2, 0.25) is 0 Å². The predicted octanol–water partition coefficient (Wildman–Crippen LogP) is 3.49. The van der Waals surface area contributed by atoms with E-state index in [4.69, 9.17) is 11.5 Å². The molecule has 1 aliphatic heterocycles. The van der Waals surface area contributed by atoms with E-state index in [0.29, 0.717) is 17.8 Å². The van der Waals surface area contributed by atoms with Gasteiger partial charge in [-0.2, -0.15) is 5.10 Å². The number of fused-ring (bicyclic) bond motifs is 2. The second-order valence-electron chi connectivity index (χ2n) is 8.28. The van der Waals surface area contributed by atoms with Gasteiger partial charge in [0.05, 0.1) is 23.8 Å². The van der Waals surface area contributed by atoms with Crippen molar-refractivity contribution >= 4 is 28.4 Å². The number of nitrogen functional groups attached to an aromatic ring is 1. The van der Waals surface area contributed by atoms with Gasteiger partial charge in [0.1, 0.15) is 0 Å². The fraction of sp³-hybridized carbons (Fsp3) is 0.115. The lowest BCUT2D eigenvalue weighted by atomic mass is 9.92. The average Bonchev–Trinajstić information content (AvgIpc) is 3.34. The maximum absolute atomic E-state index is 13.1. The van der Waals surface area contributed by atoms with Crippen LogP contribution in [0.3, 0.4) is 0 Å². The fourth-order valence-electron chi connectivity index (χ4n) is 4.47. The highest BCUT2D eigenvalue weighted by Crippen LogP contribution is 2.39. The van der Waals surface area contributed by atoms with Crippen LogP contribution in [0, 0.1) is 0 Å². The summed E-state index contributed by atoms with van der Waals surface area (Å²) in [5.74, 6) is -0.849. The van der Waals surface area contributed by atoms with Crippen molar-refractivity contribution in [3.8, 4) is 22.3 Å². The lowest BCUT2D eigenvalue weighted by Crippen LogP contribution is -2.30. The Bertz CT molecular complexity index is 1450. The molecule has 0 fully saturated rings. The largest absolute Gasteiger partial charge is 0.398 e. The Morgan fingerprint density at radius 2 is 1.85 bits per heavy atom. The minimum atomic E-state index is -0.624. The van der Waals surface area contributed by atoms with E-state index in [1.54, 1.807) is 11.0 Å². The first-order valence-electron chi connectivity index (χ1n) is 10.5. The molecule has 0 unspecified atom stereocenters. The van der Waals surface area contributed by atoms with E-state index in [1.807, 2.05) is 42.2 Å². The van der Waals surface area contributed by atoms with Gasteiger partial charge in [0.2, 0.25) is 5.91 Å². The number of benzene rings is 3. The molecule has 0 aliphatic carbocycles. The van der Waals surface area contributed by atoms with Gasteiger partial charge in [-0.15, -0.1) is 0 Å². The molecule has 33 heavy (non-hydrogen) atoms. The summed E-state index contributed by atoms with van der Waals surface area (Å²) < 4.78 is 1.84. The molecule has 5 rings (SSSR count).